The van der Waals surface area contributed by atoms with Crippen LogP contribution in [-0.4, -0.2) is 62.5 Å². The van der Waals surface area contributed by atoms with E-state index >= 15 is 4.39 Å². The number of aromatic amines is 1. The van der Waals surface area contributed by atoms with Gasteiger partial charge in [-0.15, -0.1) is 29.9 Å². The standard InChI is InChI=1S/C30H27F2N7O4.2ClH/c1-38-14-10-18(11-15-38)17-42-29-26-25(9-12-33-27(26)36-37-29)43-24-7-4-20(16-23(24)32)35-28(40)22-8-13-34-39(30(22)41)21-5-2-19(31)3-6-21;;/h2-9,12-13,16,18H,10-11,14-15,17H2,1H3,(H,35,40)(H,33,36,37);2*1H. The van der Waals surface area contributed by atoms with E-state index in [1.165, 1.54) is 54.9 Å². The molecule has 0 radical (unpaired) electrons. The van der Waals surface area contributed by atoms with Crippen molar-refractivity contribution in [3.63, 3.8) is 0 Å². The Labute approximate surface area is 268 Å². The van der Waals surface area contributed by atoms with E-state index in [4.69, 9.17) is 9.47 Å². The van der Waals surface area contributed by atoms with E-state index in [9.17, 15) is 14.0 Å². The molecule has 45 heavy (non-hydrogen) atoms. The predicted octanol–water partition coefficient (Wildman–Crippen LogP) is 5.39. The summed E-state index contributed by atoms with van der Waals surface area (Å²) in [5, 5.41) is 14.0. The fourth-order valence-corrected chi connectivity index (χ4v) is 4.84. The Kier molecular flexibility index (Phi) is 10.7. The molecule has 2 aromatic carbocycles. The summed E-state index contributed by atoms with van der Waals surface area (Å²) < 4.78 is 41.4. The Morgan fingerprint density at radius 1 is 1.02 bits per heavy atom. The highest BCUT2D eigenvalue weighted by Gasteiger charge is 2.21. The first-order valence-electron chi connectivity index (χ1n) is 13.6. The van der Waals surface area contributed by atoms with Crippen molar-refractivity contribution in [2.24, 2.45) is 5.92 Å². The summed E-state index contributed by atoms with van der Waals surface area (Å²) in [5.41, 5.74) is -0.130. The van der Waals surface area contributed by atoms with E-state index in [0.29, 0.717) is 35.2 Å². The van der Waals surface area contributed by atoms with Gasteiger partial charge in [0.1, 0.15) is 22.5 Å². The molecule has 4 heterocycles. The van der Waals surface area contributed by atoms with Crippen molar-refractivity contribution in [2.45, 2.75) is 12.8 Å². The van der Waals surface area contributed by atoms with Crippen LogP contribution in [0.1, 0.15) is 23.2 Å². The quantitative estimate of drug-likeness (QED) is 0.227. The van der Waals surface area contributed by atoms with Crippen LogP contribution in [0.3, 0.4) is 0 Å². The van der Waals surface area contributed by atoms with Crippen LogP contribution in [0, 0.1) is 17.6 Å². The third-order valence-electron chi connectivity index (χ3n) is 7.26. The second-order valence-corrected chi connectivity index (χ2v) is 10.3. The van der Waals surface area contributed by atoms with Gasteiger partial charge in [-0.05, 0) is 81.4 Å². The largest absolute Gasteiger partial charge is 0.476 e. The monoisotopic (exact) mass is 659 g/mol. The van der Waals surface area contributed by atoms with Gasteiger partial charge in [0.15, 0.2) is 17.2 Å². The number of carbonyl (C=O) groups excluding carboxylic acids is 1. The minimum Gasteiger partial charge on any atom is -0.476 e. The lowest BCUT2D eigenvalue weighted by molar-refractivity contribution is 0.102. The maximum atomic E-state index is 15.2. The molecule has 5 aromatic rings. The number of ether oxygens (including phenoxy) is 2. The summed E-state index contributed by atoms with van der Waals surface area (Å²) in [6.07, 6.45) is 4.84. The van der Waals surface area contributed by atoms with Crippen LogP contribution in [-0.2, 0) is 0 Å². The number of pyridine rings is 1. The highest BCUT2D eigenvalue weighted by molar-refractivity contribution is 6.04. The summed E-state index contributed by atoms with van der Waals surface area (Å²) >= 11 is 0. The molecule has 0 atom stereocenters. The van der Waals surface area contributed by atoms with E-state index in [1.807, 2.05) is 0 Å². The van der Waals surface area contributed by atoms with Gasteiger partial charge < -0.3 is 19.7 Å². The lowest BCUT2D eigenvalue weighted by Gasteiger charge is -2.28. The number of nitrogens with zero attached hydrogens (tertiary/aromatic N) is 5. The molecule has 1 amide bonds. The number of H-pyrrole nitrogens is 1. The van der Waals surface area contributed by atoms with Crippen LogP contribution < -0.4 is 20.3 Å². The molecule has 1 aliphatic rings. The number of hydrogen-bond acceptors (Lipinski definition) is 8. The van der Waals surface area contributed by atoms with Gasteiger partial charge >= 0.3 is 0 Å². The minimum absolute atomic E-state index is 0. The number of fused-ring (bicyclic) bond motifs is 1. The summed E-state index contributed by atoms with van der Waals surface area (Å²) in [6.45, 7) is 2.52. The smallest absolute Gasteiger partial charge is 0.284 e. The lowest BCUT2D eigenvalue weighted by Crippen LogP contribution is -2.32. The Balaban J connectivity index is 0.00000230. The van der Waals surface area contributed by atoms with Crippen molar-refractivity contribution in [2.75, 3.05) is 32.1 Å². The van der Waals surface area contributed by atoms with Gasteiger partial charge in [0.2, 0.25) is 5.88 Å². The molecule has 3 aromatic heterocycles. The zero-order valence-electron chi connectivity index (χ0n) is 23.9. The number of anilines is 1. The average molecular weight is 661 g/mol. The predicted molar refractivity (Wildman–Crippen MR) is 168 cm³/mol. The molecule has 1 saturated heterocycles. The molecule has 11 nitrogen and oxygen atoms in total. The SMILES string of the molecule is CN1CCC(COc2n[nH]c3nccc(Oc4ccc(NC(=O)c5ccnn(-c6ccc(F)cc6)c5=O)cc4F)c23)CC1.Cl.Cl. The van der Waals surface area contributed by atoms with E-state index < -0.39 is 23.1 Å². The lowest BCUT2D eigenvalue weighted by atomic mass is 9.98. The molecule has 6 rings (SSSR count). The number of piperidine rings is 1. The second-order valence-electron chi connectivity index (χ2n) is 10.3. The Hall–Kier alpha value is -4.59. The number of carbonyl (C=O) groups is 1. The van der Waals surface area contributed by atoms with Crippen molar-refractivity contribution in [3.8, 4) is 23.1 Å². The first-order chi connectivity index (χ1) is 20.9. The first-order valence-corrected chi connectivity index (χ1v) is 13.6. The molecule has 0 spiro atoms. The fraction of sp³-hybridized carbons (Fsp3) is 0.233. The van der Waals surface area contributed by atoms with Crippen molar-refractivity contribution >= 4 is 47.4 Å². The first kappa shape index (κ1) is 33.3. The van der Waals surface area contributed by atoms with Gasteiger partial charge in [0.05, 0.1) is 12.3 Å². The molecular weight excluding hydrogens is 631 g/mol. The Bertz CT molecular complexity index is 1840. The van der Waals surface area contributed by atoms with E-state index in [0.717, 1.165) is 36.7 Å². The highest BCUT2D eigenvalue weighted by Crippen LogP contribution is 2.36. The Morgan fingerprint density at radius 3 is 2.51 bits per heavy atom. The van der Waals surface area contributed by atoms with Crippen LogP contribution in [0.25, 0.3) is 16.7 Å². The van der Waals surface area contributed by atoms with Crippen LogP contribution >= 0.6 is 24.8 Å². The van der Waals surface area contributed by atoms with Gasteiger partial charge in [-0.3, -0.25) is 14.7 Å². The van der Waals surface area contributed by atoms with Gasteiger partial charge in [-0.1, -0.05) is 0 Å². The number of aromatic nitrogens is 5. The average Bonchev–Trinajstić information content (AvgIpc) is 3.43. The normalized spacial score (nSPS) is 13.5. The third kappa shape index (κ3) is 7.39. The molecule has 15 heteroatoms. The molecule has 0 saturated carbocycles. The summed E-state index contributed by atoms with van der Waals surface area (Å²) in [6, 6.07) is 11.8. The number of likely N-dealkylation sites (tertiary alicyclic amines) is 1. The molecule has 1 fully saturated rings. The molecule has 0 aliphatic carbocycles. The molecule has 1 aliphatic heterocycles. The number of nitrogens with one attached hydrogen (secondary N) is 2. The van der Waals surface area contributed by atoms with Gasteiger partial charge in [0, 0.05) is 30.2 Å². The Morgan fingerprint density at radius 2 is 1.78 bits per heavy atom. The maximum absolute atomic E-state index is 15.2. The van der Waals surface area contributed by atoms with E-state index in [2.05, 4.69) is 37.5 Å². The topological polar surface area (TPSA) is 127 Å². The number of amides is 1. The van der Waals surface area contributed by atoms with Gasteiger partial charge in [0.25, 0.3) is 11.5 Å². The van der Waals surface area contributed by atoms with Crippen LogP contribution in [0.2, 0.25) is 0 Å². The van der Waals surface area contributed by atoms with Crippen LogP contribution in [0.4, 0.5) is 14.5 Å². The van der Waals surface area contributed by atoms with Crippen LogP contribution in [0.15, 0.2) is 71.8 Å². The molecule has 0 unspecified atom stereocenters. The summed E-state index contributed by atoms with van der Waals surface area (Å²) in [7, 11) is 2.10. The van der Waals surface area contributed by atoms with Crippen molar-refractivity contribution in [1.29, 1.82) is 0 Å². The molecule has 236 valence electrons. The zero-order chi connectivity index (χ0) is 29.9. The highest BCUT2D eigenvalue weighted by atomic mass is 35.5. The number of halogens is 4. The van der Waals surface area contributed by atoms with Crippen molar-refractivity contribution in [3.05, 3.63) is 94.5 Å². The number of benzene rings is 2. The molecular formula is C30H29Cl2F2N7O4. The van der Waals surface area contributed by atoms with E-state index in [-0.39, 0.29) is 47.5 Å². The zero-order valence-corrected chi connectivity index (χ0v) is 25.5. The molecule has 2 N–H and O–H groups in total. The number of rotatable bonds is 8. The summed E-state index contributed by atoms with van der Waals surface area (Å²) in [5.74, 6) is -1.07. The van der Waals surface area contributed by atoms with Gasteiger partial charge in [-0.2, -0.15) is 9.78 Å². The number of hydrogen-bond donors (Lipinski definition) is 2. The molecule has 0 bridgehead atoms. The van der Waals surface area contributed by atoms with Crippen LogP contribution in [0.5, 0.6) is 17.4 Å². The second kappa shape index (κ2) is 14.5. The van der Waals surface area contributed by atoms with Crippen molar-refractivity contribution < 1.29 is 23.0 Å². The maximum Gasteiger partial charge on any atom is 0.284 e. The van der Waals surface area contributed by atoms with Crippen molar-refractivity contribution in [1.82, 2.24) is 29.9 Å². The van der Waals surface area contributed by atoms with E-state index in [1.54, 1.807) is 6.07 Å². The third-order valence-corrected chi connectivity index (χ3v) is 7.26. The summed E-state index contributed by atoms with van der Waals surface area (Å²) in [4.78, 5) is 32.4. The fourth-order valence-electron chi connectivity index (χ4n) is 4.84. The van der Waals surface area contributed by atoms with Gasteiger partial charge in [-0.25, -0.2) is 13.8 Å². The minimum atomic E-state index is -0.767.